The molecule has 0 saturated heterocycles. The van der Waals surface area contributed by atoms with Gasteiger partial charge in [-0.15, -0.1) is 0 Å². The van der Waals surface area contributed by atoms with E-state index < -0.39 is 0 Å². The van der Waals surface area contributed by atoms with E-state index in [1.807, 2.05) is 19.9 Å². The standard InChI is InChI=1S/C22H38O4/c1-7-17(3)14-21(23)25-13-12-19(5)10-9-11-20(6)16-26-22(24)15-18(4)8-2/h11-12,17-18H,7-10,13-16H2,1-6H3. The van der Waals surface area contributed by atoms with E-state index in [-0.39, 0.29) is 11.9 Å². The van der Waals surface area contributed by atoms with Crippen molar-refractivity contribution in [2.45, 2.75) is 80.1 Å². The Bertz CT molecular complexity index is 477. The Morgan fingerprint density at radius 2 is 1.38 bits per heavy atom. The van der Waals surface area contributed by atoms with Crippen molar-refractivity contribution < 1.29 is 19.1 Å². The van der Waals surface area contributed by atoms with Gasteiger partial charge >= 0.3 is 11.9 Å². The molecule has 0 amide bonds. The number of esters is 2. The molecule has 0 aliphatic rings. The first-order chi connectivity index (χ1) is 12.3. The van der Waals surface area contributed by atoms with Crippen LogP contribution in [-0.2, 0) is 19.1 Å². The van der Waals surface area contributed by atoms with Crippen LogP contribution in [0.1, 0.15) is 80.1 Å². The largest absolute Gasteiger partial charge is 0.461 e. The van der Waals surface area contributed by atoms with E-state index in [1.54, 1.807) is 0 Å². The van der Waals surface area contributed by atoms with Crippen LogP contribution in [0, 0.1) is 11.8 Å². The van der Waals surface area contributed by atoms with Crippen LogP contribution in [0.15, 0.2) is 23.3 Å². The van der Waals surface area contributed by atoms with Crippen molar-refractivity contribution in [2.24, 2.45) is 11.8 Å². The van der Waals surface area contributed by atoms with Crippen molar-refractivity contribution in [3.8, 4) is 0 Å². The van der Waals surface area contributed by atoms with Gasteiger partial charge in [-0.2, -0.15) is 0 Å². The molecule has 0 aliphatic carbocycles. The molecule has 0 radical (unpaired) electrons. The lowest BCUT2D eigenvalue weighted by Gasteiger charge is -2.09. The van der Waals surface area contributed by atoms with Crippen LogP contribution < -0.4 is 0 Å². The minimum atomic E-state index is -0.127. The Morgan fingerprint density at radius 3 is 1.92 bits per heavy atom. The fourth-order valence-corrected chi connectivity index (χ4v) is 2.15. The molecule has 0 N–H and O–H groups in total. The van der Waals surface area contributed by atoms with Gasteiger partial charge < -0.3 is 9.47 Å². The Hall–Kier alpha value is -1.58. The quantitative estimate of drug-likeness (QED) is 0.314. The molecule has 0 aromatic carbocycles. The van der Waals surface area contributed by atoms with E-state index in [4.69, 9.17) is 9.47 Å². The highest BCUT2D eigenvalue weighted by molar-refractivity contribution is 5.70. The summed E-state index contributed by atoms with van der Waals surface area (Å²) in [6.45, 7) is 13.0. The number of hydrogen-bond donors (Lipinski definition) is 0. The summed E-state index contributed by atoms with van der Waals surface area (Å²) in [4.78, 5) is 23.3. The molecule has 150 valence electrons. The Labute approximate surface area is 160 Å². The highest BCUT2D eigenvalue weighted by atomic mass is 16.5. The number of rotatable bonds is 13. The minimum absolute atomic E-state index is 0.123. The van der Waals surface area contributed by atoms with Crippen molar-refractivity contribution in [1.82, 2.24) is 0 Å². The summed E-state index contributed by atoms with van der Waals surface area (Å²) in [5.41, 5.74) is 2.26. The molecule has 0 saturated carbocycles. The molecule has 2 unspecified atom stereocenters. The molecule has 26 heavy (non-hydrogen) atoms. The van der Waals surface area contributed by atoms with Crippen molar-refractivity contribution in [1.29, 1.82) is 0 Å². The van der Waals surface area contributed by atoms with Crippen molar-refractivity contribution in [3.05, 3.63) is 23.3 Å². The Morgan fingerprint density at radius 1 is 0.846 bits per heavy atom. The van der Waals surface area contributed by atoms with Crippen LogP contribution in [0.5, 0.6) is 0 Å². The van der Waals surface area contributed by atoms with Crippen LogP contribution in [0.25, 0.3) is 0 Å². The monoisotopic (exact) mass is 366 g/mol. The van der Waals surface area contributed by atoms with Crippen molar-refractivity contribution in [2.75, 3.05) is 13.2 Å². The first kappa shape index (κ1) is 24.4. The normalized spacial score (nSPS) is 14.7. The van der Waals surface area contributed by atoms with E-state index in [0.29, 0.717) is 37.9 Å². The summed E-state index contributed by atoms with van der Waals surface area (Å²) in [7, 11) is 0. The second kappa shape index (κ2) is 14.6. The topological polar surface area (TPSA) is 52.6 Å². The Balaban J connectivity index is 3.99. The van der Waals surface area contributed by atoms with Gasteiger partial charge in [0.25, 0.3) is 0 Å². The summed E-state index contributed by atoms with van der Waals surface area (Å²) in [5.74, 6) is 0.500. The molecular weight excluding hydrogens is 328 g/mol. The SMILES string of the molecule is CCC(C)CC(=O)OCC=C(C)CCC=C(C)COC(=O)CC(C)CC. The van der Waals surface area contributed by atoms with Crippen molar-refractivity contribution in [3.63, 3.8) is 0 Å². The van der Waals surface area contributed by atoms with Gasteiger partial charge in [0, 0.05) is 12.8 Å². The number of carbonyl (C=O) groups excluding carboxylic acids is 2. The second-order valence-corrected chi connectivity index (χ2v) is 7.42. The molecule has 0 aromatic rings. The van der Waals surface area contributed by atoms with Gasteiger partial charge in [-0.3, -0.25) is 9.59 Å². The maximum atomic E-state index is 11.7. The zero-order valence-electron chi connectivity index (χ0n) is 17.6. The maximum Gasteiger partial charge on any atom is 0.306 e. The molecule has 0 heterocycles. The molecule has 0 bridgehead atoms. The Kier molecular flexibility index (Phi) is 13.7. The van der Waals surface area contributed by atoms with E-state index in [9.17, 15) is 9.59 Å². The fourth-order valence-electron chi connectivity index (χ4n) is 2.15. The number of hydrogen-bond acceptors (Lipinski definition) is 4. The molecule has 0 aromatic heterocycles. The predicted molar refractivity (Wildman–Crippen MR) is 107 cm³/mol. The second-order valence-electron chi connectivity index (χ2n) is 7.42. The average molecular weight is 367 g/mol. The first-order valence-corrected chi connectivity index (χ1v) is 9.90. The summed E-state index contributed by atoms with van der Waals surface area (Å²) < 4.78 is 10.5. The first-order valence-electron chi connectivity index (χ1n) is 9.90. The van der Waals surface area contributed by atoms with E-state index in [2.05, 4.69) is 33.8 Å². The lowest BCUT2D eigenvalue weighted by Crippen LogP contribution is -2.10. The molecule has 4 nitrogen and oxygen atoms in total. The van der Waals surface area contributed by atoms with E-state index >= 15 is 0 Å². The average Bonchev–Trinajstić information content (AvgIpc) is 2.59. The number of ether oxygens (including phenoxy) is 2. The molecular formula is C22H38O4. The van der Waals surface area contributed by atoms with Crippen molar-refractivity contribution >= 4 is 11.9 Å². The van der Waals surface area contributed by atoms with Gasteiger partial charge in [-0.25, -0.2) is 0 Å². The zero-order chi connectivity index (χ0) is 19.9. The summed E-state index contributed by atoms with van der Waals surface area (Å²) >= 11 is 0. The van der Waals surface area contributed by atoms with Gasteiger partial charge in [0.15, 0.2) is 0 Å². The van der Waals surface area contributed by atoms with Gasteiger partial charge in [-0.1, -0.05) is 52.2 Å². The van der Waals surface area contributed by atoms with Crippen LogP contribution >= 0.6 is 0 Å². The van der Waals surface area contributed by atoms with Crippen LogP contribution in [0.2, 0.25) is 0 Å². The molecule has 0 rings (SSSR count). The third-order valence-corrected chi connectivity index (χ3v) is 4.59. The van der Waals surface area contributed by atoms with Crippen LogP contribution in [0.3, 0.4) is 0 Å². The molecule has 0 aliphatic heterocycles. The van der Waals surface area contributed by atoms with Gasteiger partial charge in [0.1, 0.15) is 13.2 Å². The zero-order valence-corrected chi connectivity index (χ0v) is 17.6. The summed E-state index contributed by atoms with van der Waals surface area (Å²) in [6.07, 6.45) is 8.80. The third kappa shape index (κ3) is 13.7. The summed E-state index contributed by atoms with van der Waals surface area (Å²) in [6, 6.07) is 0. The van der Waals surface area contributed by atoms with Gasteiger partial charge in [0.2, 0.25) is 0 Å². The molecule has 0 fully saturated rings. The van der Waals surface area contributed by atoms with Gasteiger partial charge in [0.05, 0.1) is 0 Å². The maximum absolute atomic E-state index is 11.7. The van der Waals surface area contributed by atoms with Gasteiger partial charge in [-0.05, 0) is 50.2 Å². The molecule has 4 heteroatoms. The lowest BCUT2D eigenvalue weighted by molar-refractivity contribution is -0.144. The highest BCUT2D eigenvalue weighted by Crippen LogP contribution is 2.11. The molecule has 2 atom stereocenters. The number of allylic oxidation sites excluding steroid dienone is 2. The van der Waals surface area contributed by atoms with E-state index in [1.165, 1.54) is 5.57 Å². The van der Waals surface area contributed by atoms with E-state index in [0.717, 1.165) is 31.3 Å². The highest BCUT2D eigenvalue weighted by Gasteiger charge is 2.09. The molecule has 0 spiro atoms. The fraction of sp³-hybridized carbons (Fsp3) is 0.727. The third-order valence-electron chi connectivity index (χ3n) is 4.59. The van der Waals surface area contributed by atoms with Crippen LogP contribution in [-0.4, -0.2) is 25.2 Å². The number of carbonyl (C=O) groups is 2. The summed E-state index contributed by atoms with van der Waals surface area (Å²) in [5, 5.41) is 0. The van der Waals surface area contributed by atoms with Crippen LogP contribution in [0.4, 0.5) is 0 Å². The lowest BCUT2D eigenvalue weighted by atomic mass is 10.1. The smallest absolute Gasteiger partial charge is 0.306 e. The predicted octanol–water partition coefficient (Wildman–Crippen LogP) is 5.62. The minimum Gasteiger partial charge on any atom is -0.461 e.